The minimum absolute atomic E-state index is 0.123. The summed E-state index contributed by atoms with van der Waals surface area (Å²) in [4.78, 5) is 18.7. The maximum absolute atomic E-state index is 12.8. The lowest BCUT2D eigenvalue weighted by atomic mass is 10.3. The number of rotatable bonds is 4. The fourth-order valence-electron chi connectivity index (χ4n) is 1.32. The Hall–Kier alpha value is -1.61. The summed E-state index contributed by atoms with van der Waals surface area (Å²) in [6, 6.07) is 4.27. The SMILES string of the molecule is NC(=O)CSc1nc(-c2cccs2)cc(C(F)(F)F)n1. The lowest BCUT2D eigenvalue weighted by Gasteiger charge is -2.09. The van der Waals surface area contributed by atoms with Gasteiger partial charge in [0, 0.05) is 0 Å². The molecule has 2 aromatic rings. The summed E-state index contributed by atoms with van der Waals surface area (Å²) < 4.78 is 38.4. The highest BCUT2D eigenvalue weighted by Crippen LogP contribution is 2.33. The van der Waals surface area contributed by atoms with E-state index in [0.29, 0.717) is 4.88 Å². The monoisotopic (exact) mass is 319 g/mol. The summed E-state index contributed by atoms with van der Waals surface area (Å²) in [5.41, 5.74) is 4.10. The average molecular weight is 319 g/mol. The van der Waals surface area contributed by atoms with Gasteiger partial charge in [-0.1, -0.05) is 17.8 Å². The molecular formula is C11H8F3N3OS2. The Bertz CT molecular complexity index is 614. The average Bonchev–Trinajstić information content (AvgIpc) is 2.89. The van der Waals surface area contributed by atoms with Crippen LogP contribution in [0.25, 0.3) is 10.6 Å². The molecule has 1 amide bonds. The molecule has 2 heterocycles. The normalized spacial score (nSPS) is 11.6. The summed E-state index contributed by atoms with van der Waals surface area (Å²) in [5, 5.41) is 1.61. The number of carbonyl (C=O) groups is 1. The number of aromatic nitrogens is 2. The third-order valence-electron chi connectivity index (χ3n) is 2.11. The van der Waals surface area contributed by atoms with Crippen molar-refractivity contribution in [1.82, 2.24) is 9.97 Å². The standard InChI is InChI=1S/C11H8F3N3OS2/c12-11(13,14)8-4-6(7-2-1-3-19-7)16-10(17-8)20-5-9(15)18/h1-4H,5H2,(H2,15,18). The van der Waals surface area contributed by atoms with Gasteiger partial charge < -0.3 is 5.73 Å². The first-order valence-electron chi connectivity index (χ1n) is 5.27. The third-order valence-corrected chi connectivity index (χ3v) is 3.88. The predicted octanol–water partition coefficient (Wildman–Crippen LogP) is 2.80. The number of primary amides is 1. The molecule has 0 aliphatic rings. The summed E-state index contributed by atoms with van der Waals surface area (Å²) in [6.45, 7) is 0. The molecule has 0 aromatic carbocycles. The molecule has 20 heavy (non-hydrogen) atoms. The topological polar surface area (TPSA) is 68.9 Å². The van der Waals surface area contributed by atoms with Gasteiger partial charge >= 0.3 is 6.18 Å². The molecule has 2 N–H and O–H groups in total. The van der Waals surface area contributed by atoms with E-state index in [4.69, 9.17) is 5.73 Å². The second-order valence-corrected chi connectivity index (χ2v) is 5.54. The van der Waals surface area contributed by atoms with E-state index in [1.165, 1.54) is 11.3 Å². The number of hydrogen-bond acceptors (Lipinski definition) is 5. The van der Waals surface area contributed by atoms with Gasteiger partial charge in [-0.3, -0.25) is 4.79 Å². The molecule has 0 fully saturated rings. The second-order valence-electron chi connectivity index (χ2n) is 3.65. The third kappa shape index (κ3) is 3.70. The van der Waals surface area contributed by atoms with Crippen molar-refractivity contribution in [3.63, 3.8) is 0 Å². The summed E-state index contributed by atoms with van der Waals surface area (Å²) in [5.74, 6) is -0.820. The van der Waals surface area contributed by atoms with Crippen molar-refractivity contribution in [2.75, 3.05) is 5.75 Å². The highest BCUT2D eigenvalue weighted by molar-refractivity contribution is 7.99. The van der Waals surface area contributed by atoms with Gasteiger partial charge in [0.1, 0.15) is 5.69 Å². The molecule has 0 aliphatic heterocycles. The molecule has 4 nitrogen and oxygen atoms in total. The molecule has 9 heteroatoms. The number of nitrogens with zero attached hydrogens (tertiary/aromatic N) is 2. The minimum Gasteiger partial charge on any atom is -0.369 e. The fourth-order valence-corrected chi connectivity index (χ4v) is 2.60. The van der Waals surface area contributed by atoms with Crippen LogP contribution in [0.1, 0.15) is 5.69 Å². The quantitative estimate of drug-likeness (QED) is 0.695. The van der Waals surface area contributed by atoms with E-state index in [-0.39, 0.29) is 16.6 Å². The van der Waals surface area contributed by atoms with Crippen LogP contribution >= 0.6 is 23.1 Å². The fraction of sp³-hybridized carbons (Fsp3) is 0.182. The van der Waals surface area contributed by atoms with E-state index >= 15 is 0 Å². The van der Waals surface area contributed by atoms with Crippen molar-refractivity contribution in [3.8, 4) is 10.6 Å². The molecular weight excluding hydrogens is 311 g/mol. The van der Waals surface area contributed by atoms with Crippen LogP contribution in [0.15, 0.2) is 28.7 Å². The molecule has 0 unspecified atom stereocenters. The van der Waals surface area contributed by atoms with Gasteiger partial charge in [0.05, 0.1) is 16.3 Å². The van der Waals surface area contributed by atoms with Crippen LogP contribution in [-0.2, 0) is 11.0 Å². The van der Waals surface area contributed by atoms with Crippen LogP contribution in [-0.4, -0.2) is 21.6 Å². The maximum Gasteiger partial charge on any atom is 0.433 e. The number of hydrogen-bond donors (Lipinski definition) is 1. The van der Waals surface area contributed by atoms with Crippen molar-refractivity contribution < 1.29 is 18.0 Å². The molecule has 0 aliphatic carbocycles. The number of carbonyl (C=O) groups excluding carboxylic acids is 1. The molecule has 0 atom stereocenters. The summed E-state index contributed by atoms with van der Waals surface area (Å²) in [7, 11) is 0. The van der Waals surface area contributed by atoms with E-state index in [1.807, 2.05) is 0 Å². The lowest BCUT2D eigenvalue weighted by Crippen LogP contribution is -2.14. The zero-order valence-electron chi connectivity index (χ0n) is 9.85. The minimum atomic E-state index is -4.57. The Labute approximate surface area is 120 Å². The first-order chi connectivity index (χ1) is 9.36. The van der Waals surface area contributed by atoms with Gasteiger partial charge in [-0.25, -0.2) is 9.97 Å². The molecule has 2 aromatic heterocycles. The molecule has 0 saturated heterocycles. The van der Waals surface area contributed by atoms with Crippen LogP contribution in [0.5, 0.6) is 0 Å². The Morgan fingerprint density at radius 2 is 2.15 bits per heavy atom. The highest BCUT2D eigenvalue weighted by atomic mass is 32.2. The first-order valence-corrected chi connectivity index (χ1v) is 7.14. The largest absolute Gasteiger partial charge is 0.433 e. The van der Waals surface area contributed by atoms with E-state index in [1.54, 1.807) is 17.5 Å². The van der Waals surface area contributed by atoms with Crippen molar-refractivity contribution in [3.05, 3.63) is 29.3 Å². The highest BCUT2D eigenvalue weighted by Gasteiger charge is 2.34. The van der Waals surface area contributed by atoms with E-state index in [0.717, 1.165) is 17.8 Å². The number of thiophene rings is 1. The summed E-state index contributed by atoms with van der Waals surface area (Å²) >= 11 is 2.05. The van der Waals surface area contributed by atoms with Gasteiger partial charge in [0.15, 0.2) is 5.16 Å². The van der Waals surface area contributed by atoms with Gasteiger partial charge in [-0.05, 0) is 17.5 Å². The zero-order valence-corrected chi connectivity index (χ0v) is 11.5. The van der Waals surface area contributed by atoms with Gasteiger partial charge in [0.25, 0.3) is 0 Å². The second kappa shape index (κ2) is 5.80. The number of thioether (sulfide) groups is 1. The zero-order chi connectivity index (χ0) is 14.8. The number of amides is 1. The van der Waals surface area contributed by atoms with Crippen LogP contribution in [0, 0.1) is 0 Å². The Balaban J connectivity index is 2.42. The van der Waals surface area contributed by atoms with E-state index < -0.39 is 17.8 Å². The Morgan fingerprint density at radius 1 is 1.40 bits per heavy atom. The van der Waals surface area contributed by atoms with E-state index in [2.05, 4.69) is 9.97 Å². The molecule has 106 valence electrons. The van der Waals surface area contributed by atoms with Crippen molar-refractivity contribution in [2.24, 2.45) is 5.73 Å². The summed E-state index contributed by atoms with van der Waals surface area (Å²) in [6.07, 6.45) is -4.57. The van der Waals surface area contributed by atoms with Crippen LogP contribution < -0.4 is 5.73 Å². The van der Waals surface area contributed by atoms with Crippen molar-refractivity contribution in [2.45, 2.75) is 11.3 Å². The lowest BCUT2D eigenvalue weighted by molar-refractivity contribution is -0.141. The molecule has 0 bridgehead atoms. The van der Waals surface area contributed by atoms with Crippen LogP contribution in [0.3, 0.4) is 0 Å². The molecule has 2 rings (SSSR count). The van der Waals surface area contributed by atoms with Crippen LogP contribution in [0.2, 0.25) is 0 Å². The Morgan fingerprint density at radius 3 is 2.70 bits per heavy atom. The van der Waals surface area contributed by atoms with Crippen LogP contribution in [0.4, 0.5) is 13.2 Å². The smallest absolute Gasteiger partial charge is 0.369 e. The molecule has 0 spiro atoms. The van der Waals surface area contributed by atoms with Gasteiger partial charge in [-0.15, -0.1) is 11.3 Å². The number of alkyl halides is 3. The van der Waals surface area contributed by atoms with Crippen molar-refractivity contribution in [1.29, 1.82) is 0 Å². The van der Waals surface area contributed by atoms with Gasteiger partial charge in [-0.2, -0.15) is 13.2 Å². The predicted molar refractivity (Wildman–Crippen MR) is 70.3 cm³/mol. The number of halogens is 3. The van der Waals surface area contributed by atoms with Gasteiger partial charge in [0.2, 0.25) is 5.91 Å². The van der Waals surface area contributed by atoms with Crippen molar-refractivity contribution >= 4 is 29.0 Å². The van der Waals surface area contributed by atoms with E-state index in [9.17, 15) is 18.0 Å². The molecule has 0 radical (unpaired) electrons. The number of nitrogens with two attached hydrogens (primary N) is 1. The molecule has 0 saturated carbocycles. The maximum atomic E-state index is 12.8. The Kier molecular flexibility index (Phi) is 4.29. The first kappa shape index (κ1) is 14.8.